The fourth-order valence-corrected chi connectivity index (χ4v) is 4.03. The van der Waals surface area contributed by atoms with Gasteiger partial charge in [0.05, 0.1) is 5.52 Å². The van der Waals surface area contributed by atoms with Crippen LogP contribution in [0.15, 0.2) is 36.5 Å². The first-order chi connectivity index (χ1) is 10.2. The van der Waals surface area contributed by atoms with Gasteiger partial charge in [-0.2, -0.15) is 0 Å². The molecule has 2 aliphatic rings. The first-order valence-electron chi connectivity index (χ1n) is 7.81. The lowest BCUT2D eigenvalue weighted by Gasteiger charge is -2.36. The Morgan fingerprint density at radius 2 is 1.86 bits per heavy atom. The van der Waals surface area contributed by atoms with E-state index in [1.54, 1.807) is 4.57 Å². The first-order valence-corrected chi connectivity index (χ1v) is 7.81. The minimum Gasteiger partial charge on any atom is -0.335 e. The summed E-state index contributed by atoms with van der Waals surface area (Å²) in [6.45, 7) is 0. The van der Waals surface area contributed by atoms with E-state index in [4.69, 9.17) is 0 Å². The van der Waals surface area contributed by atoms with Crippen LogP contribution in [0.1, 0.15) is 25.7 Å². The van der Waals surface area contributed by atoms with E-state index in [-0.39, 0.29) is 6.03 Å². The van der Waals surface area contributed by atoms with Crippen molar-refractivity contribution >= 4 is 16.9 Å². The summed E-state index contributed by atoms with van der Waals surface area (Å²) >= 11 is 0. The molecule has 0 radical (unpaired) electrons. The molecule has 2 atom stereocenters. The van der Waals surface area contributed by atoms with Crippen LogP contribution in [0.25, 0.3) is 10.9 Å². The molecule has 2 bridgehead atoms. The molecule has 0 saturated carbocycles. The molecule has 3 heterocycles. The molecule has 2 unspecified atom stereocenters. The van der Waals surface area contributed by atoms with Crippen molar-refractivity contribution in [3.05, 3.63) is 36.5 Å². The number of piperidine rings is 1. The van der Waals surface area contributed by atoms with Gasteiger partial charge < -0.3 is 10.2 Å². The van der Waals surface area contributed by atoms with E-state index in [2.05, 4.69) is 17.3 Å². The predicted molar refractivity (Wildman–Crippen MR) is 83.5 cm³/mol. The highest BCUT2D eigenvalue weighted by atomic mass is 16.2. The predicted octanol–water partition coefficient (Wildman–Crippen LogP) is 2.82. The lowest BCUT2D eigenvalue weighted by Crippen LogP contribution is -2.49. The third-order valence-electron chi connectivity index (χ3n) is 5.24. The van der Waals surface area contributed by atoms with Gasteiger partial charge in [0.15, 0.2) is 0 Å². The smallest absolute Gasteiger partial charge is 0.326 e. The SMILES string of the molecule is CN1C2CCC1CC(NC(=O)n1ccc3ccccc31)C2. The van der Waals surface area contributed by atoms with Gasteiger partial charge in [-0.05, 0) is 44.9 Å². The molecule has 4 heteroatoms. The van der Waals surface area contributed by atoms with E-state index in [0.717, 1.165) is 23.7 Å². The van der Waals surface area contributed by atoms with Crippen LogP contribution in [0.5, 0.6) is 0 Å². The van der Waals surface area contributed by atoms with Crippen molar-refractivity contribution in [2.24, 2.45) is 0 Å². The van der Waals surface area contributed by atoms with Gasteiger partial charge in [-0.3, -0.25) is 4.57 Å². The third kappa shape index (κ3) is 2.14. The second-order valence-corrected chi connectivity index (χ2v) is 6.41. The van der Waals surface area contributed by atoms with Crippen molar-refractivity contribution in [1.29, 1.82) is 0 Å². The maximum Gasteiger partial charge on any atom is 0.326 e. The number of hydrogen-bond donors (Lipinski definition) is 1. The Labute approximate surface area is 124 Å². The summed E-state index contributed by atoms with van der Waals surface area (Å²) in [5, 5.41) is 4.34. The number of amides is 1. The maximum absolute atomic E-state index is 12.5. The highest BCUT2D eigenvalue weighted by Gasteiger charge is 2.38. The summed E-state index contributed by atoms with van der Waals surface area (Å²) in [4.78, 5) is 15.0. The quantitative estimate of drug-likeness (QED) is 0.874. The molecule has 2 saturated heterocycles. The number of benzene rings is 1. The zero-order valence-electron chi connectivity index (χ0n) is 12.3. The Morgan fingerprint density at radius 1 is 1.14 bits per heavy atom. The Bertz CT molecular complexity index is 663. The molecule has 2 aliphatic heterocycles. The number of hydrogen-bond acceptors (Lipinski definition) is 2. The van der Waals surface area contributed by atoms with E-state index < -0.39 is 0 Å². The van der Waals surface area contributed by atoms with Crippen molar-refractivity contribution in [2.45, 2.75) is 43.8 Å². The third-order valence-corrected chi connectivity index (χ3v) is 5.24. The van der Waals surface area contributed by atoms with Gasteiger partial charge in [-0.15, -0.1) is 0 Å². The molecule has 1 aromatic carbocycles. The molecule has 21 heavy (non-hydrogen) atoms. The summed E-state index contributed by atoms with van der Waals surface area (Å²) in [5.74, 6) is 0. The average Bonchev–Trinajstić information content (AvgIpc) is 2.98. The van der Waals surface area contributed by atoms with Crippen LogP contribution in [0.4, 0.5) is 4.79 Å². The summed E-state index contributed by atoms with van der Waals surface area (Å²) in [6.07, 6.45) is 6.58. The standard InChI is InChI=1S/C17H21N3O/c1-19-14-6-7-15(19)11-13(10-14)18-17(21)20-9-8-12-4-2-3-5-16(12)20/h2-5,8-9,13-15H,6-7,10-11H2,1H3,(H,18,21). The van der Waals surface area contributed by atoms with Crippen LogP contribution in [-0.4, -0.2) is 40.7 Å². The Hall–Kier alpha value is -1.81. The molecule has 0 aliphatic carbocycles. The van der Waals surface area contributed by atoms with Crippen LogP contribution >= 0.6 is 0 Å². The number of nitrogens with one attached hydrogen (secondary N) is 1. The monoisotopic (exact) mass is 283 g/mol. The van der Waals surface area contributed by atoms with E-state index in [1.807, 2.05) is 36.5 Å². The minimum atomic E-state index is 0.00477. The van der Waals surface area contributed by atoms with Crippen LogP contribution in [0.2, 0.25) is 0 Å². The minimum absolute atomic E-state index is 0.00477. The lowest BCUT2D eigenvalue weighted by atomic mass is 9.98. The van der Waals surface area contributed by atoms with Crippen molar-refractivity contribution in [3.8, 4) is 0 Å². The number of fused-ring (bicyclic) bond motifs is 3. The molecular formula is C17H21N3O. The van der Waals surface area contributed by atoms with Crippen LogP contribution in [0.3, 0.4) is 0 Å². The number of carbonyl (C=O) groups is 1. The zero-order valence-corrected chi connectivity index (χ0v) is 12.3. The van der Waals surface area contributed by atoms with Crippen molar-refractivity contribution in [2.75, 3.05) is 7.05 Å². The van der Waals surface area contributed by atoms with Crippen LogP contribution in [-0.2, 0) is 0 Å². The van der Waals surface area contributed by atoms with Crippen molar-refractivity contribution in [1.82, 2.24) is 14.8 Å². The van der Waals surface area contributed by atoms with E-state index >= 15 is 0 Å². The molecule has 1 amide bonds. The molecule has 4 rings (SSSR count). The summed E-state index contributed by atoms with van der Waals surface area (Å²) in [7, 11) is 2.22. The summed E-state index contributed by atoms with van der Waals surface area (Å²) in [6, 6.07) is 11.6. The maximum atomic E-state index is 12.5. The largest absolute Gasteiger partial charge is 0.335 e. The second-order valence-electron chi connectivity index (χ2n) is 6.41. The second kappa shape index (κ2) is 4.88. The van der Waals surface area contributed by atoms with Gasteiger partial charge in [0.1, 0.15) is 0 Å². The number of rotatable bonds is 1. The Kier molecular flexibility index (Phi) is 3.00. The van der Waals surface area contributed by atoms with E-state index in [1.165, 1.54) is 12.8 Å². The number of nitrogens with zero attached hydrogens (tertiary/aromatic N) is 2. The first kappa shape index (κ1) is 12.9. The van der Waals surface area contributed by atoms with Gasteiger partial charge >= 0.3 is 6.03 Å². The van der Waals surface area contributed by atoms with E-state index in [0.29, 0.717) is 18.1 Å². The summed E-state index contributed by atoms with van der Waals surface area (Å²) < 4.78 is 1.73. The highest BCUT2D eigenvalue weighted by Crippen LogP contribution is 2.34. The number of carbonyl (C=O) groups excluding carboxylic acids is 1. The highest BCUT2D eigenvalue weighted by molar-refractivity contribution is 5.91. The topological polar surface area (TPSA) is 37.3 Å². The molecule has 4 nitrogen and oxygen atoms in total. The number of aromatic nitrogens is 1. The van der Waals surface area contributed by atoms with Crippen LogP contribution < -0.4 is 5.32 Å². The van der Waals surface area contributed by atoms with Gasteiger partial charge in [0, 0.05) is 29.7 Å². The molecule has 1 aromatic heterocycles. The fourth-order valence-electron chi connectivity index (χ4n) is 4.03. The molecule has 110 valence electrons. The normalized spacial score (nSPS) is 28.9. The van der Waals surface area contributed by atoms with Crippen LogP contribution in [0, 0.1) is 0 Å². The zero-order chi connectivity index (χ0) is 14.4. The van der Waals surface area contributed by atoms with Gasteiger partial charge in [-0.25, -0.2) is 4.79 Å². The molecular weight excluding hydrogens is 262 g/mol. The van der Waals surface area contributed by atoms with Gasteiger partial charge in [-0.1, -0.05) is 18.2 Å². The number of para-hydroxylation sites is 1. The van der Waals surface area contributed by atoms with Crippen molar-refractivity contribution in [3.63, 3.8) is 0 Å². The summed E-state index contributed by atoms with van der Waals surface area (Å²) in [5.41, 5.74) is 0.978. The van der Waals surface area contributed by atoms with Gasteiger partial charge in [0.25, 0.3) is 0 Å². The fraction of sp³-hybridized carbons (Fsp3) is 0.471. The Morgan fingerprint density at radius 3 is 2.62 bits per heavy atom. The van der Waals surface area contributed by atoms with Crippen molar-refractivity contribution < 1.29 is 4.79 Å². The van der Waals surface area contributed by atoms with E-state index in [9.17, 15) is 4.79 Å². The average molecular weight is 283 g/mol. The lowest BCUT2D eigenvalue weighted by molar-refractivity contribution is 0.150. The molecule has 2 aromatic rings. The molecule has 0 spiro atoms. The van der Waals surface area contributed by atoms with Gasteiger partial charge in [0.2, 0.25) is 0 Å². The molecule has 2 fully saturated rings. The molecule has 1 N–H and O–H groups in total. The Balaban J connectivity index is 1.51.